The first kappa shape index (κ1) is 9.86. The summed E-state index contributed by atoms with van der Waals surface area (Å²) in [5.41, 5.74) is 1.25. The molecule has 0 saturated heterocycles. The van der Waals surface area contributed by atoms with E-state index < -0.39 is 0 Å². The summed E-state index contributed by atoms with van der Waals surface area (Å²) in [7, 11) is 0. The van der Waals surface area contributed by atoms with E-state index in [1.807, 2.05) is 12.1 Å². The van der Waals surface area contributed by atoms with Crippen LogP contribution in [0.4, 0.5) is 0 Å². The minimum atomic E-state index is 0.205. The Balaban J connectivity index is 2.10. The highest BCUT2D eigenvalue weighted by atomic mass is 16.5. The number of aldehydes is 1. The molecule has 0 saturated carbocycles. The van der Waals surface area contributed by atoms with Gasteiger partial charge in [0.05, 0.1) is 0 Å². The van der Waals surface area contributed by atoms with Crippen LogP contribution in [0.3, 0.4) is 0 Å². The molecule has 0 amide bonds. The Kier molecular flexibility index (Phi) is 4.79. The van der Waals surface area contributed by atoms with Gasteiger partial charge in [-0.2, -0.15) is 0 Å². The summed E-state index contributed by atoms with van der Waals surface area (Å²) in [6, 6.07) is 3.97. The molecule has 0 aromatic carbocycles. The summed E-state index contributed by atoms with van der Waals surface area (Å²) < 4.78 is 5.02. The van der Waals surface area contributed by atoms with E-state index in [4.69, 9.17) is 4.74 Å². The number of rotatable bonds is 6. The zero-order valence-electron chi connectivity index (χ0n) is 7.48. The Labute approximate surface area is 77.8 Å². The molecule has 70 valence electrons. The first-order chi connectivity index (χ1) is 6.43. The SMILES string of the molecule is O=CCOCCCc1ccncc1. The molecule has 0 N–H and O–H groups in total. The third-order valence-corrected chi connectivity index (χ3v) is 1.69. The monoisotopic (exact) mass is 179 g/mol. The summed E-state index contributed by atoms with van der Waals surface area (Å²) in [6.45, 7) is 0.845. The predicted octanol–water partition coefficient (Wildman–Crippen LogP) is 1.23. The fourth-order valence-electron chi connectivity index (χ4n) is 1.06. The van der Waals surface area contributed by atoms with E-state index >= 15 is 0 Å². The lowest BCUT2D eigenvalue weighted by molar-refractivity contribution is -0.111. The van der Waals surface area contributed by atoms with E-state index in [1.165, 1.54) is 5.56 Å². The Morgan fingerprint density at radius 1 is 1.38 bits per heavy atom. The molecule has 1 rings (SSSR count). The van der Waals surface area contributed by atoms with Gasteiger partial charge in [0.15, 0.2) is 0 Å². The van der Waals surface area contributed by atoms with Crippen LogP contribution in [0.5, 0.6) is 0 Å². The second kappa shape index (κ2) is 6.31. The van der Waals surface area contributed by atoms with Crippen LogP contribution in [0.1, 0.15) is 12.0 Å². The molecule has 0 aliphatic carbocycles. The highest BCUT2D eigenvalue weighted by Crippen LogP contribution is 2.00. The zero-order chi connectivity index (χ0) is 9.36. The molecule has 1 heterocycles. The number of carbonyl (C=O) groups is 1. The summed E-state index contributed by atoms with van der Waals surface area (Å²) in [6.07, 6.45) is 6.24. The summed E-state index contributed by atoms with van der Waals surface area (Å²) in [5.74, 6) is 0. The fraction of sp³-hybridized carbons (Fsp3) is 0.400. The predicted molar refractivity (Wildman–Crippen MR) is 49.4 cm³/mol. The van der Waals surface area contributed by atoms with Gasteiger partial charge in [0, 0.05) is 19.0 Å². The van der Waals surface area contributed by atoms with Gasteiger partial charge in [-0.05, 0) is 30.5 Å². The average Bonchev–Trinajstić information content (AvgIpc) is 2.19. The van der Waals surface area contributed by atoms with E-state index in [9.17, 15) is 4.79 Å². The van der Waals surface area contributed by atoms with Crippen LogP contribution in [0.15, 0.2) is 24.5 Å². The minimum Gasteiger partial charge on any atom is -0.374 e. The maximum absolute atomic E-state index is 9.90. The van der Waals surface area contributed by atoms with Crippen LogP contribution in [0, 0.1) is 0 Å². The number of nitrogens with zero attached hydrogens (tertiary/aromatic N) is 1. The number of aromatic nitrogens is 1. The van der Waals surface area contributed by atoms with E-state index in [0.717, 1.165) is 19.1 Å². The summed E-state index contributed by atoms with van der Waals surface area (Å²) in [5, 5.41) is 0. The quantitative estimate of drug-likeness (QED) is 0.487. The molecule has 0 aliphatic rings. The van der Waals surface area contributed by atoms with Crippen molar-refractivity contribution in [2.75, 3.05) is 13.2 Å². The van der Waals surface area contributed by atoms with E-state index in [-0.39, 0.29) is 6.61 Å². The van der Waals surface area contributed by atoms with Crippen molar-refractivity contribution in [2.45, 2.75) is 12.8 Å². The third kappa shape index (κ3) is 4.38. The number of hydrogen-bond acceptors (Lipinski definition) is 3. The van der Waals surface area contributed by atoms with Crippen molar-refractivity contribution >= 4 is 6.29 Å². The molecule has 0 aliphatic heterocycles. The Bertz CT molecular complexity index is 236. The Morgan fingerprint density at radius 2 is 2.15 bits per heavy atom. The van der Waals surface area contributed by atoms with E-state index in [1.54, 1.807) is 12.4 Å². The van der Waals surface area contributed by atoms with Gasteiger partial charge in [0.2, 0.25) is 0 Å². The first-order valence-electron chi connectivity index (χ1n) is 4.34. The molecular weight excluding hydrogens is 166 g/mol. The van der Waals surface area contributed by atoms with Gasteiger partial charge in [-0.25, -0.2) is 0 Å². The summed E-state index contributed by atoms with van der Waals surface area (Å²) >= 11 is 0. The van der Waals surface area contributed by atoms with Crippen LogP contribution >= 0.6 is 0 Å². The molecule has 3 nitrogen and oxygen atoms in total. The lowest BCUT2D eigenvalue weighted by Crippen LogP contribution is -1.99. The number of carbonyl (C=O) groups excluding carboxylic acids is 1. The van der Waals surface area contributed by atoms with Crippen molar-refractivity contribution in [2.24, 2.45) is 0 Å². The van der Waals surface area contributed by atoms with Crippen LogP contribution < -0.4 is 0 Å². The lowest BCUT2D eigenvalue weighted by atomic mass is 10.1. The maximum Gasteiger partial charge on any atom is 0.145 e. The van der Waals surface area contributed by atoms with Gasteiger partial charge in [0.25, 0.3) is 0 Å². The van der Waals surface area contributed by atoms with Crippen molar-refractivity contribution in [3.8, 4) is 0 Å². The first-order valence-corrected chi connectivity index (χ1v) is 4.34. The third-order valence-electron chi connectivity index (χ3n) is 1.69. The molecule has 13 heavy (non-hydrogen) atoms. The largest absolute Gasteiger partial charge is 0.374 e. The van der Waals surface area contributed by atoms with Crippen molar-refractivity contribution in [3.63, 3.8) is 0 Å². The second-order valence-corrected chi connectivity index (χ2v) is 2.70. The number of pyridine rings is 1. The molecule has 0 bridgehead atoms. The average molecular weight is 179 g/mol. The van der Waals surface area contributed by atoms with Gasteiger partial charge in [-0.1, -0.05) is 0 Å². The lowest BCUT2D eigenvalue weighted by Gasteiger charge is -2.00. The molecule has 3 heteroatoms. The smallest absolute Gasteiger partial charge is 0.145 e. The van der Waals surface area contributed by atoms with Crippen LogP contribution in [-0.2, 0) is 16.0 Å². The second-order valence-electron chi connectivity index (χ2n) is 2.70. The van der Waals surface area contributed by atoms with Crippen molar-refractivity contribution in [3.05, 3.63) is 30.1 Å². The standard InChI is InChI=1S/C10H13NO2/c12-7-9-13-8-1-2-10-3-5-11-6-4-10/h3-7H,1-2,8-9H2. The van der Waals surface area contributed by atoms with Crippen LogP contribution in [0.2, 0.25) is 0 Å². The van der Waals surface area contributed by atoms with Crippen molar-refractivity contribution in [1.29, 1.82) is 0 Å². The molecule has 1 aromatic rings. The topological polar surface area (TPSA) is 39.2 Å². The van der Waals surface area contributed by atoms with Gasteiger partial charge in [-0.3, -0.25) is 4.98 Å². The molecular formula is C10H13NO2. The van der Waals surface area contributed by atoms with E-state index in [2.05, 4.69) is 4.98 Å². The molecule has 0 unspecified atom stereocenters. The van der Waals surface area contributed by atoms with Crippen LogP contribution in [0.25, 0.3) is 0 Å². The van der Waals surface area contributed by atoms with Crippen molar-refractivity contribution < 1.29 is 9.53 Å². The highest BCUT2D eigenvalue weighted by Gasteiger charge is 1.91. The van der Waals surface area contributed by atoms with Crippen LogP contribution in [-0.4, -0.2) is 24.5 Å². The van der Waals surface area contributed by atoms with Gasteiger partial charge < -0.3 is 9.53 Å². The zero-order valence-corrected chi connectivity index (χ0v) is 7.48. The molecule has 0 radical (unpaired) electrons. The van der Waals surface area contributed by atoms with Gasteiger partial charge in [-0.15, -0.1) is 0 Å². The molecule has 0 fully saturated rings. The number of hydrogen-bond donors (Lipinski definition) is 0. The van der Waals surface area contributed by atoms with Gasteiger partial charge >= 0.3 is 0 Å². The number of aryl methyl sites for hydroxylation is 1. The summed E-state index contributed by atoms with van der Waals surface area (Å²) in [4.78, 5) is 13.8. The van der Waals surface area contributed by atoms with Gasteiger partial charge in [0.1, 0.15) is 12.9 Å². The highest BCUT2D eigenvalue weighted by molar-refractivity contribution is 5.50. The van der Waals surface area contributed by atoms with Crippen molar-refractivity contribution in [1.82, 2.24) is 4.98 Å². The molecule has 0 spiro atoms. The Morgan fingerprint density at radius 3 is 2.85 bits per heavy atom. The normalized spacial score (nSPS) is 9.85. The number of ether oxygens (including phenoxy) is 1. The van der Waals surface area contributed by atoms with E-state index in [0.29, 0.717) is 6.61 Å². The minimum absolute atomic E-state index is 0.205. The maximum atomic E-state index is 9.90. The fourth-order valence-corrected chi connectivity index (χ4v) is 1.06. The molecule has 0 atom stereocenters. The Hall–Kier alpha value is -1.22. The molecule has 1 aromatic heterocycles.